The van der Waals surface area contributed by atoms with E-state index < -0.39 is 11.6 Å². The Kier molecular flexibility index (Phi) is 3.09. The Labute approximate surface area is 125 Å². The third-order valence-electron chi connectivity index (χ3n) is 3.79. The van der Waals surface area contributed by atoms with Crippen LogP contribution in [0.1, 0.15) is 27.2 Å². The smallest absolute Gasteiger partial charge is 0.340 e. The van der Waals surface area contributed by atoms with Crippen LogP contribution >= 0.6 is 0 Å². The average molecular weight is 298 g/mol. The van der Waals surface area contributed by atoms with Crippen molar-refractivity contribution in [2.24, 2.45) is 0 Å². The van der Waals surface area contributed by atoms with Crippen LogP contribution in [-0.2, 0) is 0 Å². The molecule has 22 heavy (non-hydrogen) atoms. The van der Waals surface area contributed by atoms with Crippen molar-refractivity contribution in [2.75, 3.05) is 0 Å². The van der Waals surface area contributed by atoms with Gasteiger partial charge in [0.15, 0.2) is 0 Å². The number of carboxylic acids is 1. The molecule has 0 unspecified atom stereocenters. The molecular weight excluding hydrogens is 284 g/mol. The Bertz CT molecular complexity index is 966. The molecule has 0 spiro atoms. The molecule has 0 saturated carbocycles. The Hall–Kier alpha value is -2.89. The molecule has 0 amide bonds. The van der Waals surface area contributed by atoms with E-state index in [1.165, 1.54) is 16.8 Å². The summed E-state index contributed by atoms with van der Waals surface area (Å²) >= 11 is 0. The van der Waals surface area contributed by atoms with E-state index in [9.17, 15) is 9.59 Å². The van der Waals surface area contributed by atoms with Gasteiger partial charge in [-0.05, 0) is 44.5 Å². The minimum atomic E-state index is -1.02. The molecule has 3 rings (SSSR count). The number of carbonyl (C=O) groups is 1. The lowest BCUT2D eigenvalue weighted by Crippen LogP contribution is -2.07. The van der Waals surface area contributed by atoms with Crippen molar-refractivity contribution in [3.8, 4) is 5.69 Å². The lowest BCUT2D eigenvalue weighted by molar-refractivity contribution is 0.0697. The number of hydrogen-bond donors (Lipinski definition) is 1. The zero-order valence-corrected chi connectivity index (χ0v) is 12.4. The monoisotopic (exact) mass is 298 g/mol. The third-order valence-corrected chi connectivity index (χ3v) is 3.79. The van der Waals surface area contributed by atoms with Crippen LogP contribution in [-0.4, -0.2) is 20.9 Å². The maximum atomic E-state index is 11.9. The maximum Gasteiger partial charge on any atom is 0.340 e. The van der Waals surface area contributed by atoms with Crippen LogP contribution in [0.4, 0.5) is 0 Å². The standard InChI is InChI=1S/C16H14N2O4/c1-8-9(2)16(21)22-14-13(8)10(3)17-18(14)12-6-4-5-11(7-12)15(19)20/h4-7H,1-3H3,(H,19,20). The maximum absolute atomic E-state index is 11.9. The van der Waals surface area contributed by atoms with Crippen molar-refractivity contribution >= 4 is 17.1 Å². The number of nitrogens with zero attached hydrogens (tertiary/aromatic N) is 2. The average Bonchev–Trinajstić information content (AvgIpc) is 2.81. The van der Waals surface area contributed by atoms with Crippen LogP contribution in [0.5, 0.6) is 0 Å². The summed E-state index contributed by atoms with van der Waals surface area (Å²) in [4.78, 5) is 23.0. The van der Waals surface area contributed by atoms with Crippen molar-refractivity contribution < 1.29 is 14.3 Å². The molecule has 0 fully saturated rings. The number of rotatable bonds is 2. The van der Waals surface area contributed by atoms with Crippen LogP contribution in [0, 0.1) is 20.8 Å². The summed E-state index contributed by atoms with van der Waals surface area (Å²) in [7, 11) is 0. The molecule has 3 aromatic rings. The van der Waals surface area contributed by atoms with Gasteiger partial charge in [0.25, 0.3) is 0 Å². The lowest BCUT2D eigenvalue weighted by Gasteiger charge is -2.04. The van der Waals surface area contributed by atoms with Crippen molar-refractivity contribution in [1.29, 1.82) is 0 Å². The summed E-state index contributed by atoms with van der Waals surface area (Å²) in [5.41, 5.74) is 2.68. The zero-order chi connectivity index (χ0) is 16.0. The molecule has 0 atom stereocenters. The Morgan fingerprint density at radius 1 is 1.23 bits per heavy atom. The second-order valence-electron chi connectivity index (χ2n) is 5.17. The first-order valence-electron chi connectivity index (χ1n) is 6.73. The minimum absolute atomic E-state index is 0.144. The largest absolute Gasteiger partial charge is 0.478 e. The molecule has 112 valence electrons. The number of aromatic nitrogens is 2. The van der Waals surface area contributed by atoms with Crippen molar-refractivity contribution in [3.63, 3.8) is 0 Å². The fourth-order valence-electron chi connectivity index (χ4n) is 2.48. The number of benzene rings is 1. The van der Waals surface area contributed by atoms with Crippen molar-refractivity contribution in [1.82, 2.24) is 9.78 Å². The van der Waals surface area contributed by atoms with Crippen LogP contribution in [0.15, 0.2) is 33.5 Å². The number of aromatic carboxylic acids is 1. The van der Waals surface area contributed by atoms with E-state index in [4.69, 9.17) is 9.52 Å². The molecule has 2 heterocycles. The quantitative estimate of drug-likeness (QED) is 0.786. The summed E-state index contributed by atoms with van der Waals surface area (Å²) < 4.78 is 6.84. The summed E-state index contributed by atoms with van der Waals surface area (Å²) in [5.74, 6) is -1.02. The van der Waals surface area contributed by atoms with E-state index in [1.54, 1.807) is 19.1 Å². The molecule has 6 heteroatoms. The fraction of sp³-hybridized carbons (Fsp3) is 0.188. The fourth-order valence-corrected chi connectivity index (χ4v) is 2.48. The first kappa shape index (κ1) is 14.1. The van der Waals surface area contributed by atoms with Crippen molar-refractivity contribution in [2.45, 2.75) is 20.8 Å². The molecule has 6 nitrogen and oxygen atoms in total. The van der Waals surface area contributed by atoms with Gasteiger partial charge in [0.2, 0.25) is 5.71 Å². The number of hydrogen-bond acceptors (Lipinski definition) is 4. The summed E-state index contributed by atoms with van der Waals surface area (Å²) in [6.07, 6.45) is 0. The van der Waals surface area contributed by atoms with Crippen LogP contribution in [0.25, 0.3) is 16.8 Å². The molecule has 0 aliphatic carbocycles. The normalized spacial score (nSPS) is 11.0. The first-order valence-corrected chi connectivity index (χ1v) is 6.73. The Balaban J connectivity index is 2.35. The highest BCUT2D eigenvalue weighted by Gasteiger charge is 2.17. The highest BCUT2D eigenvalue weighted by atomic mass is 16.4. The number of aryl methyl sites for hydroxylation is 2. The zero-order valence-electron chi connectivity index (χ0n) is 12.4. The predicted octanol–water partition coefficient (Wildman–Crippen LogP) is 2.60. The SMILES string of the molecule is Cc1c(C)c2c(C)nn(-c3cccc(C(=O)O)c3)c2oc1=O. The van der Waals surface area contributed by atoms with Crippen LogP contribution in [0.3, 0.4) is 0 Å². The molecule has 2 aromatic heterocycles. The van der Waals surface area contributed by atoms with Crippen molar-refractivity contribution in [3.05, 3.63) is 57.1 Å². The summed E-state index contributed by atoms with van der Waals surface area (Å²) in [6.45, 7) is 5.38. The molecular formula is C16H14N2O4. The van der Waals surface area contributed by atoms with Gasteiger partial charge in [-0.25, -0.2) is 9.59 Å². The van der Waals surface area contributed by atoms with Gasteiger partial charge in [0.05, 0.1) is 22.3 Å². The van der Waals surface area contributed by atoms with Gasteiger partial charge < -0.3 is 9.52 Å². The van der Waals surface area contributed by atoms with Gasteiger partial charge in [0.1, 0.15) is 0 Å². The van der Waals surface area contributed by atoms with Gasteiger partial charge in [-0.1, -0.05) is 6.07 Å². The van der Waals surface area contributed by atoms with E-state index >= 15 is 0 Å². The lowest BCUT2D eigenvalue weighted by atomic mass is 10.1. The predicted molar refractivity (Wildman–Crippen MR) is 80.8 cm³/mol. The molecule has 0 bridgehead atoms. The number of fused-ring (bicyclic) bond motifs is 1. The van der Waals surface area contributed by atoms with Gasteiger partial charge in [0, 0.05) is 5.56 Å². The summed E-state index contributed by atoms with van der Waals surface area (Å²) in [6, 6.07) is 6.33. The molecule has 0 radical (unpaired) electrons. The van der Waals surface area contributed by atoms with E-state index in [0.717, 1.165) is 16.6 Å². The molecule has 1 N–H and O–H groups in total. The minimum Gasteiger partial charge on any atom is -0.478 e. The van der Waals surface area contributed by atoms with Gasteiger partial charge in [-0.3, -0.25) is 0 Å². The highest BCUT2D eigenvalue weighted by Crippen LogP contribution is 2.25. The number of carboxylic acid groups (broad SMARTS) is 1. The van der Waals surface area contributed by atoms with Gasteiger partial charge >= 0.3 is 11.6 Å². The topological polar surface area (TPSA) is 85.3 Å². The second-order valence-corrected chi connectivity index (χ2v) is 5.17. The molecule has 0 aliphatic rings. The Morgan fingerprint density at radius 3 is 2.64 bits per heavy atom. The Morgan fingerprint density at radius 2 is 1.95 bits per heavy atom. The first-order chi connectivity index (χ1) is 10.4. The van der Waals surface area contributed by atoms with E-state index in [1.807, 2.05) is 13.8 Å². The highest BCUT2D eigenvalue weighted by molar-refractivity contribution is 5.88. The van der Waals surface area contributed by atoms with E-state index in [0.29, 0.717) is 17.0 Å². The second kappa shape index (κ2) is 4.84. The summed E-state index contributed by atoms with van der Waals surface area (Å²) in [5, 5.41) is 14.3. The van der Waals surface area contributed by atoms with Crippen LogP contribution in [0.2, 0.25) is 0 Å². The molecule has 0 saturated heterocycles. The molecule has 1 aromatic carbocycles. The van der Waals surface area contributed by atoms with Gasteiger partial charge in [-0.2, -0.15) is 9.78 Å². The third kappa shape index (κ3) is 2.00. The molecule has 0 aliphatic heterocycles. The van der Waals surface area contributed by atoms with Gasteiger partial charge in [-0.15, -0.1) is 0 Å². The van der Waals surface area contributed by atoms with Crippen LogP contribution < -0.4 is 5.63 Å². The van der Waals surface area contributed by atoms with E-state index in [2.05, 4.69) is 5.10 Å². The van der Waals surface area contributed by atoms with E-state index in [-0.39, 0.29) is 5.56 Å².